The van der Waals surface area contributed by atoms with Crippen molar-refractivity contribution in [3.05, 3.63) is 35.1 Å². The number of rotatable bonds is 4. The van der Waals surface area contributed by atoms with E-state index in [-0.39, 0.29) is 5.82 Å². The highest BCUT2D eigenvalue weighted by atomic mass is 19.1. The first-order valence-electron chi connectivity index (χ1n) is 7.31. The fourth-order valence-electron chi connectivity index (χ4n) is 2.99. The third-order valence-corrected chi connectivity index (χ3v) is 4.16. The van der Waals surface area contributed by atoms with Crippen LogP contribution in [0.1, 0.15) is 31.4 Å². The molecule has 2 rings (SSSR count). The lowest BCUT2D eigenvalue weighted by Crippen LogP contribution is -2.47. The second kappa shape index (κ2) is 6.49. The Bertz CT molecular complexity index is 419. The summed E-state index contributed by atoms with van der Waals surface area (Å²) in [4.78, 5) is 2.44. The van der Waals surface area contributed by atoms with E-state index in [1.54, 1.807) is 12.1 Å². The van der Waals surface area contributed by atoms with Gasteiger partial charge >= 0.3 is 0 Å². The van der Waals surface area contributed by atoms with Gasteiger partial charge in [0, 0.05) is 19.1 Å². The third-order valence-electron chi connectivity index (χ3n) is 4.16. The summed E-state index contributed by atoms with van der Waals surface area (Å²) in [6.07, 6.45) is 1.18. The lowest BCUT2D eigenvalue weighted by atomic mass is 9.93. The van der Waals surface area contributed by atoms with Crippen molar-refractivity contribution in [2.45, 2.75) is 39.8 Å². The van der Waals surface area contributed by atoms with Gasteiger partial charge in [-0.1, -0.05) is 19.9 Å². The van der Waals surface area contributed by atoms with E-state index in [1.165, 1.54) is 12.0 Å². The zero-order valence-corrected chi connectivity index (χ0v) is 12.2. The molecule has 1 aliphatic heterocycles. The zero-order valence-electron chi connectivity index (χ0n) is 12.2. The number of nitrogens with one attached hydrogen (secondary N) is 1. The standard InChI is InChI=1S/C16H25FN2/c1-4-18-16-7-8-19(10-13(16)3)11-14-9-15(17)6-5-12(14)2/h5-6,9,13,16,18H,4,7-8,10-11H2,1-3H3. The van der Waals surface area contributed by atoms with Crippen LogP contribution in [-0.2, 0) is 6.54 Å². The molecule has 1 aromatic carbocycles. The zero-order chi connectivity index (χ0) is 13.8. The summed E-state index contributed by atoms with van der Waals surface area (Å²) in [7, 11) is 0. The second-order valence-electron chi connectivity index (χ2n) is 5.74. The van der Waals surface area contributed by atoms with Gasteiger partial charge in [-0.05, 0) is 55.6 Å². The summed E-state index contributed by atoms with van der Waals surface area (Å²) in [5, 5.41) is 3.55. The minimum Gasteiger partial charge on any atom is -0.314 e. The predicted octanol–water partition coefficient (Wildman–Crippen LogP) is 2.95. The molecular formula is C16H25FN2. The van der Waals surface area contributed by atoms with Crippen molar-refractivity contribution in [3.8, 4) is 0 Å². The molecule has 2 atom stereocenters. The molecule has 0 aromatic heterocycles. The highest BCUT2D eigenvalue weighted by Gasteiger charge is 2.25. The molecule has 2 nitrogen and oxygen atoms in total. The van der Waals surface area contributed by atoms with Crippen LogP contribution in [-0.4, -0.2) is 30.6 Å². The molecule has 0 aliphatic carbocycles. The number of likely N-dealkylation sites (tertiary alicyclic amines) is 1. The van der Waals surface area contributed by atoms with E-state index in [9.17, 15) is 4.39 Å². The highest BCUT2D eigenvalue weighted by molar-refractivity contribution is 5.26. The number of halogens is 1. The van der Waals surface area contributed by atoms with E-state index in [0.29, 0.717) is 12.0 Å². The Morgan fingerprint density at radius 2 is 2.21 bits per heavy atom. The lowest BCUT2D eigenvalue weighted by molar-refractivity contribution is 0.142. The minimum atomic E-state index is -0.129. The normalized spacial score (nSPS) is 24.6. The van der Waals surface area contributed by atoms with Gasteiger partial charge < -0.3 is 5.32 Å². The van der Waals surface area contributed by atoms with Gasteiger partial charge in [0.05, 0.1) is 0 Å². The second-order valence-corrected chi connectivity index (χ2v) is 5.74. The van der Waals surface area contributed by atoms with Gasteiger partial charge in [0.15, 0.2) is 0 Å². The third kappa shape index (κ3) is 3.77. The fraction of sp³-hybridized carbons (Fsp3) is 0.625. The van der Waals surface area contributed by atoms with Crippen LogP contribution in [0.4, 0.5) is 4.39 Å². The fourth-order valence-corrected chi connectivity index (χ4v) is 2.99. The molecule has 0 spiro atoms. The molecule has 2 unspecified atom stereocenters. The number of hydrogen-bond donors (Lipinski definition) is 1. The Morgan fingerprint density at radius 1 is 1.42 bits per heavy atom. The molecule has 1 aromatic rings. The van der Waals surface area contributed by atoms with Crippen LogP contribution in [0.2, 0.25) is 0 Å². The molecule has 0 saturated carbocycles. The first kappa shape index (κ1) is 14.5. The van der Waals surface area contributed by atoms with Crippen molar-refractivity contribution in [1.29, 1.82) is 0 Å². The molecule has 0 amide bonds. The Kier molecular flexibility index (Phi) is 4.94. The van der Waals surface area contributed by atoms with Crippen LogP contribution in [0.5, 0.6) is 0 Å². The van der Waals surface area contributed by atoms with Crippen molar-refractivity contribution in [2.24, 2.45) is 5.92 Å². The molecule has 1 N–H and O–H groups in total. The molecule has 0 radical (unpaired) electrons. The van der Waals surface area contributed by atoms with Gasteiger partial charge in [-0.3, -0.25) is 4.90 Å². The van der Waals surface area contributed by atoms with Gasteiger partial charge in [-0.25, -0.2) is 4.39 Å². The van der Waals surface area contributed by atoms with Gasteiger partial charge in [-0.15, -0.1) is 0 Å². The van der Waals surface area contributed by atoms with Gasteiger partial charge in [-0.2, -0.15) is 0 Å². The van der Waals surface area contributed by atoms with E-state index in [0.717, 1.165) is 31.7 Å². The smallest absolute Gasteiger partial charge is 0.123 e. The highest BCUT2D eigenvalue weighted by Crippen LogP contribution is 2.20. The van der Waals surface area contributed by atoms with Gasteiger partial charge in [0.25, 0.3) is 0 Å². The Labute approximate surface area is 116 Å². The largest absolute Gasteiger partial charge is 0.314 e. The number of piperidine rings is 1. The predicted molar refractivity (Wildman–Crippen MR) is 77.7 cm³/mol. The average Bonchev–Trinajstić information content (AvgIpc) is 2.37. The molecule has 1 heterocycles. The Morgan fingerprint density at radius 3 is 2.89 bits per heavy atom. The van der Waals surface area contributed by atoms with E-state index in [1.807, 2.05) is 6.07 Å². The maximum absolute atomic E-state index is 13.3. The lowest BCUT2D eigenvalue weighted by Gasteiger charge is -2.37. The van der Waals surface area contributed by atoms with Crippen molar-refractivity contribution >= 4 is 0 Å². The average molecular weight is 264 g/mol. The maximum atomic E-state index is 13.3. The first-order chi connectivity index (χ1) is 9.10. The van der Waals surface area contributed by atoms with Crippen molar-refractivity contribution < 1.29 is 4.39 Å². The van der Waals surface area contributed by atoms with Crippen molar-refractivity contribution in [3.63, 3.8) is 0 Å². The maximum Gasteiger partial charge on any atom is 0.123 e. The molecule has 1 saturated heterocycles. The summed E-state index contributed by atoms with van der Waals surface area (Å²) >= 11 is 0. The van der Waals surface area contributed by atoms with Crippen LogP contribution in [0.25, 0.3) is 0 Å². The summed E-state index contributed by atoms with van der Waals surface area (Å²) < 4.78 is 13.3. The molecule has 3 heteroatoms. The molecular weight excluding hydrogens is 239 g/mol. The topological polar surface area (TPSA) is 15.3 Å². The number of nitrogens with zero attached hydrogens (tertiary/aromatic N) is 1. The number of hydrogen-bond acceptors (Lipinski definition) is 2. The van der Waals surface area contributed by atoms with Gasteiger partial charge in [0.2, 0.25) is 0 Å². The molecule has 0 bridgehead atoms. The van der Waals surface area contributed by atoms with Crippen molar-refractivity contribution in [1.82, 2.24) is 10.2 Å². The first-order valence-corrected chi connectivity index (χ1v) is 7.31. The molecule has 19 heavy (non-hydrogen) atoms. The summed E-state index contributed by atoms with van der Waals surface area (Å²) in [5.41, 5.74) is 2.30. The SMILES string of the molecule is CCNC1CCN(Cc2cc(F)ccc2C)CC1C. The van der Waals surface area contributed by atoms with E-state index in [2.05, 4.69) is 31.0 Å². The summed E-state index contributed by atoms with van der Waals surface area (Å²) in [5.74, 6) is 0.527. The Balaban J connectivity index is 1.96. The van der Waals surface area contributed by atoms with Crippen LogP contribution < -0.4 is 5.32 Å². The molecule has 1 aliphatic rings. The van der Waals surface area contributed by atoms with Crippen LogP contribution in [0.15, 0.2) is 18.2 Å². The van der Waals surface area contributed by atoms with E-state index >= 15 is 0 Å². The summed E-state index contributed by atoms with van der Waals surface area (Å²) in [6, 6.07) is 5.73. The van der Waals surface area contributed by atoms with Gasteiger partial charge in [0.1, 0.15) is 5.82 Å². The monoisotopic (exact) mass is 264 g/mol. The quantitative estimate of drug-likeness (QED) is 0.899. The summed E-state index contributed by atoms with van der Waals surface area (Å²) in [6.45, 7) is 10.6. The minimum absolute atomic E-state index is 0.129. The number of aryl methyl sites for hydroxylation is 1. The van der Waals surface area contributed by atoms with Crippen LogP contribution in [0.3, 0.4) is 0 Å². The van der Waals surface area contributed by atoms with Crippen LogP contribution >= 0.6 is 0 Å². The Hall–Kier alpha value is -0.930. The molecule has 106 valence electrons. The molecule has 1 fully saturated rings. The van der Waals surface area contributed by atoms with Crippen LogP contribution in [0, 0.1) is 18.7 Å². The van der Waals surface area contributed by atoms with Crippen molar-refractivity contribution in [2.75, 3.05) is 19.6 Å². The van der Waals surface area contributed by atoms with E-state index in [4.69, 9.17) is 0 Å². The van der Waals surface area contributed by atoms with E-state index < -0.39 is 0 Å². The number of benzene rings is 1.